The molecule has 3 atom stereocenters. The van der Waals surface area contributed by atoms with Gasteiger partial charge in [-0.15, -0.1) is 0 Å². The lowest BCUT2D eigenvalue weighted by Gasteiger charge is -2.21. The average Bonchev–Trinajstić information content (AvgIpc) is 2.80. The van der Waals surface area contributed by atoms with Crippen LogP contribution in [0.4, 0.5) is 0 Å². The molecule has 33 heavy (non-hydrogen) atoms. The summed E-state index contributed by atoms with van der Waals surface area (Å²) in [6, 6.07) is -0.734. The number of nitrogens with one attached hydrogen (secondary N) is 1. The van der Waals surface area contributed by atoms with Crippen molar-refractivity contribution in [1.29, 1.82) is 0 Å². The number of hydrogen-bond donors (Lipinski definition) is 4. The fraction of sp³-hybridized carbons (Fsp3) is 0.893. The first-order chi connectivity index (χ1) is 16.0. The SMILES string of the molecule is CCCCCCCCCC/C=C/C(O)C(CO)NC(=O)CC(O)CCCCCCCCCC. The summed E-state index contributed by atoms with van der Waals surface area (Å²) < 4.78 is 0. The molecule has 1 amide bonds. The molecule has 0 aromatic heterocycles. The van der Waals surface area contributed by atoms with Crippen LogP contribution in [-0.2, 0) is 4.79 Å². The van der Waals surface area contributed by atoms with Gasteiger partial charge in [-0.25, -0.2) is 0 Å². The van der Waals surface area contributed by atoms with E-state index in [9.17, 15) is 20.1 Å². The van der Waals surface area contributed by atoms with Crippen LogP contribution in [0.5, 0.6) is 0 Å². The van der Waals surface area contributed by atoms with Crippen molar-refractivity contribution in [3.63, 3.8) is 0 Å². The van der Waals surface area contributed by atoms with Gasteiger partial charge in [0.15, 0.2) is 0 Å². The Balaban J connectivity index is 3.88. The van der Waals surface area contributed by atoms with Crippen LogP contribution in [0.1, 0.15) is 136 Å². The Morgan fingerprint density at radius 1 is 0.758 bits per heavy atom. The molecule has 0 rings (SSSR count). The molecule has 0 radical (unpaired) electrons. The summed E-state index contributed by atoms with van der Waals surface area (Å²) in [5, 5.41) is 32.6. The van der Waals surface area contributed by atoms with Gasteiger partial charge in [-0.05, 0) is 19.3 Å². The first-order valence-corrected chi connectivity index (χ1v) is 14.0. The fourth-order valence-electron chi connectivity index (χ4n) is 4.10. The summed E-state index contributed by atoms with van der Waals surface area (Å²) in [4.78, 5) is 12.2. The van der Waals surface area contributed by atoms with Crippen molar-refractivity contribution >= 4 is 5.91 Å². The third-order valence-electron chi connectivity index (χ3n) is 6.32. The molecule has 4 N–H and O–H groups in total. The molecule has 0 aliphatic heterocycles. The van der Waals surface area contributed by atoms with E-state index in [1.165, 1.54) is 83.5 Å². The number of carbonyl (C=O) groups is 1. The lowest BCUT2D eigenvalue weighted by Crippen LogP contribution is -2.45. The molecule has 5 nitrogen and oxygen atoms in total. The maximum atomic E-state index is 12.2. The summed E-state index contributed by atoms with van der Waals surface area (Å²) in [5.74, 6) is -0.323. The first kappa shape index (κ1) is 32.1. The van der Waals surface area contributed by atoms with Gasteiger partial charge in [-0.2, -0.15) is 0 Å². The van der Waals surface area contributed by atoms with Crippen molar-refractivity contribution in [1.82, 2.24) is 5.32 Å². The molecule has 196 valence electrons. The van der Waals surface area contributed by atoms with Crippen LogP contribution in [0.3, 0.4) is 0 Å². The van der Waals surface area contributed by atoms with Gasteiger partial charge >= 0.3 is 0 Å². The van der Waals surface area contributed by atoms with E-state index in [2.05, 4.69) is 19.2 Å². The fourth-order valence-corrected chi connectivity index (χ4v) is 4.10. The second-order valence-corrected chi connectivity index (χ2v) is 9.66. The van der Waals surface area contributed by atoms with Gasteiger partial charge < -0.3 is 20.6 Å². The molecule has 0 saturated heterocycles. The van der Waals surface area contributed by atoms with Crippen molar-refractivity contribution in [2.45, 2.75) is 154 Å². The zero-order valence-corrected chi connectivity index (χ0v) is 21.8. The van der Waals surface area contributed by atoms with E-state index in [0.29, 0.717) is 6.42 Å². The summed E-state index contributed by atoms with van der Waals surface area (Å²) in [6.45, 7) is 4.12. The lowest BCUT2D eigenvalue weighted by molar-refractivity contribution is -0.124. The quantitative estimate of drug-likeness (QED) is 0.100. The highest BCUT2D eigenvalue weighted by Gasteiger charge is 2.20. The molecular formula is C28H55NO4. The number of rotatable bonds is 24. The molecule has 5 heteroatoms. The zero-order chi connectivity index (χ0) is 24.6. The van der Waals surface area contributed by atoms with Crippen molar-refractivity contribution < 1.29 is 20.1 Å². The average molecular weight is 470 g/mol. The number of carbonyl (C=O) groups excluding carboxylic acids is 1. The Labute approximate surface area is 204 Å². The largest absolute Gasteiger partial charge is 0.394 e. The Kier molecular flexibility index (Phi) is 23.6. The van der Waals surface area contributed by atoms with Crippen molar-refractivity contribution in [3.8, 4) is 0 Å². The molecule has 0 aromatic carbocycles. The third kappa shape index (κ3) is 21.4. The number of allylic oxidation sites excluding steroid dienone is 1. The third-order valence-corrected chi connectivity index (χ3v) is 6.32. The summed E-state index contributed by atoms with van der Waals surface area (Å²) >= 11 is 0. The molecule has 0 heterocycles. The molecule has 0 aliphatic rings. The Morgan fingerprint density at radius 3 is 1.76 bits per heavy atom. The van der Waals surface area contributed by atoms with Crippen molar-refractivity contribution in [2.75, 3.05) is 6.61 Å². The normalized spacial score (nSPS) is 14.5. The highest BCUT2D eigenvalue weighted by Crippen LogP contribution is 2.12. The maximum absolute atomic E-state index is 12.2. The Bertz CT molecular complexity index is 455. The lowest BCUT2D eigenvalue weighted by atomic mass is 10.0. The minimum atomic E-state index is -0.919. The Morgan fingerprint density at radius 2 is 1.24 bits per heavy atom. The van der Waals surface area contributed by atoms with Crippen LogP contribution in [0.15, 0.2) is 12.2 Å². The van der Waals surface area contributed by atoms with Crippen LogP contribution < -0.4 is 5.32 Å². The smallest absolute Gasteiger partial charge is 0.222 e. The molecule has 0 aromatic rings. The minimum Gasteiger partial charge on any atom is -0.394 e. The standard InChI is InChI=1S/C28H55NO4/c1-3-5-7-9-11-13-14-16-18-20-22-27(32)26(24-30)29-28(33)23-25(31)21-19-17-15-12-10-8-6-4-2/h20,22,25-27,30-32H,3-19,21,23-24H2,1-2H3,(H,29,33)/b22-20+. The molecular weight excluding hydrogens is 414 g/mol. The molecule has 0 spiro atoms. The van der Waals surface area contributed by atoms with E-state index in [-0.39, 0.29) is 18.9 Å². The molecule has 0 fully saturated rings. The molecule has 3 unspecified atom stereocenters. The second kappa shape index (κ2) is 24.2. The van der Waals surface area contributed by atoms with Gasteiger partial charge in [0.25, 0.3) is 0 Å². The summed E-state index contributed by atoms with van der Waals surface area (Å²) in [6.07, 6.45) is 23.3. The van der Waals surface area contributed by atoms with Gasteiger partial charge in [0.1, 0.15) is 0 Å². The van der Waals surface area contributed by atoms with E-state index in [4.69, 9.17) is 0 Å². The van der Waals surface area contributed by atoms with E-state index in [1.54, 1.807) is 6.08 Å². The van der Waals surface area contributed by atoms with Crippen molar-refractivity contribution in [2.24, 2.45) is 0 Å². The van der Waals surface area contributed by atoms with Crippen LogP contribution in [0.25, 0.3) is 0 Å². The number of aliphatic hydroxyl groups excluding tert-OH is 3. The highest BCUT2D eigenvalue weighted by molar-refractivity contribution is 5.76. The van der Waals surface area contributed by atoms with E-state index < -0.39 is 18.2 Å². The molecule has 0 aliphatic carbocycles. The van der Waals surface area contributed by atoms with E-state index >= 15 is 0 Å². The van der Waals surface area contributed by atoms with Gasteiger partial charge in [-0.3, -0.25) is 4.79 Å². The van der Waals surface area contributed by atoms with E-state index in [0.717, 1.165) is 25.7 Å². The van der Waals surface area contributed by atoms with Crippen molar-refractivity contribution in [3.05, 3.63) is 12.2 Å². The number of aliphatic hydroxyl groups is 3. The zero-order valence-electron chi connectivity index (χ0n) is 21.8. The van der Waals surface area contributed by atoms with E-state index in [1.807, 2.05) is 6.08 Å². The summed E-state index contributed by atoms with van der Waals surface area (Å²) in [7, 11) is 0. The van der Waals surface area contributed by atoms with Crippen LogP contribution >= 0.6 is 0 Å². The van der Waals surface area contributed by atoms with Crippen LogP contribution in [0, 0.1) is 0 Å². The predicted molar refractivity (Wildman–Crippen MR) is 139 cm³/mol. The molecule has 0 bridgehead atoms. The highest BCUT2D eigenvalue weighted by atomic mass is 16.3. The minimum absolute atomic E-state index is 0.0156. The first-order valence-electron chi connectivity index (χ1n) is 14.0. The predicted octanol–water partition coefficient (Wildman–Crippen LogP) is 6.19. The van der Waals surface area contributed by atoms with Gasteiger partial charge in [0, 0.05) is 0 Å². The number of hydrogen-bond acceptors (Lipinski definition) is 4. The van der Waals surface area contributed by atoms with Crippen LogP contribution in [-0.4, -0.2) is 46.1 Å². The molecule has 0 saturated carbocycles. The number of unbranched alkanes of at least 4 members (excludes halogenated alkanes) is 15. The van der Waals surface area contributed by atoms with Gasteiger partial charge in [-0.1, -0.05) is 122 Å². The van der Waals surface area contributed by atoms with Gasteiger partial charge in [0.05, 0.1) is 31.3 Å². The topological polar surface area (TPSA) is 89.8 Å². The monoisotopic (exact) mass is 469 g/mol. The summed E-state index contributed by atoms with van der Waals surface area (Å²) in [5.41, 5.74) is 0. The van der Waals surface area contributed by atoms with Gasteiger partial charge in [0.2, 0.25) is 5.91 Å². The second-order valence-electron chi connectivity index (χ2n) is 9.66. The van der Waals surface area contributed by atoms with Crippen LogP contribution in [0.2, 0.25) is 0 Å². The maximum Gasteiger partial charge on any atom is 0.222 e. The number of amides is 1. The Hall–Kier alpha value is -0.910.